The minimum atomic E-state index is -0.114. The van der Waals surface area contributed by atoms with Crippen LogP contribution < -0.4 is 10.6 Å². The molecule has 0 saturated carbocycles. The van der Waals surface area contributed by atoms with E-state index in [0.717, 1.165) is 19.3 Å². The first-order valence-corrected chi connectivity index (χ1v) is 8.78. The first kappa shape index (κ1) is 20.2. The summed E-state index contributed by atoms with van der Waals surface area (Å²) in [6, 6.07) is 6.97. The molecule has 0 aromatic heterocycles. The number of benzene rings is 1. The minimum absolute atomic E-state index is 0.0287. The van der Waals surface area contributed by atoms with Gasteiger partial charge in [0.15, 0.2) is 0 Å². The predicted octanol–water partition coefficient (Wildman–Crippen LogP) is 3.61. The van der Waals surface area contributed by atoms with E-state index in [4.69, 9.17) is 4.74 Å². The molecule has 0 aliphatic carbocycles. The molecule has 0 atom stereocenters. The molecule has 1 aromatic rings. The van der Waals surface area contributed by atoms with Crippen LogP contribution in [0.4, 0.5) is 5.69 Å². The third-order valence-electron chi connectivity index (χ3n) is 3.83. The Morgan fingerprint density at radius 1 is 1.08 bits per heavy atom. The number of nitrogens with one attached hydrogen (secondary N) is 2. The Bertz CT molecular complexity index is 508. The molecule has 0 fully saturated rings. The van der Waals surface area contributed by atoms with Crippen LogP contribution in [-0.4, -0.2) is 31.1 Å². The first-order chi connectivity index (χ1) is 11.5. The molecule has 0 aliphatic heterocycles. The van der Waals surface area contributed by atoms with Crippen LogP contribution in [0.3, 0.4) is 0 Å². The van der Waals surface area contributed by atoms with Crippen molar-refractivity contribution >= 4 is 17.5 Å². The zero-order valence-electron chi connectivity index (χ0n) is 15.2. The fraction of sp³-hybridized carbons (Fsp3) is 0.579. The SMILES string of the molecule is CCC(CC)C(=O)Nc1ccc(C(=O)NCCCOC(C)C)cc1. The van der Waals surface area contributed by atoms with Gasteiger partial charge in [-0.3, -0.25) is 9.59 Å². The van der Waals surface area contributed by atoms with E-state index in [1.54, 1.807) is 24.3 Å². The molecule has 0 aliphatic rings. The van der Waals surface area contributed by atoms with E-state index in [-0.39, 0.29) is 23.8 Å². The summed E-state index contributed by atoms with van der Waals surface area (Å²) in [5, 5.41) is 5.76. The van der Waals surface area contributed by atoms with Gasteiger partial charge in [0.05, 0.1) is 6.10 Å². The molecule has 2 N–H and O–H groups in total. The molecule has 1 aromatic carbocycles. The van der Waals surface area contributed by atoms with Gasteiger partial charge in [-0.15, -0.1) is 0 Å². The Morgan fingerprint density at radius 2 is 1.71 bits per heavy atom. The molecule has 0 unspecified atom stereocenters. The highest BCUT2D eigenvalue weighted by molar-refractivity contribution is 5.96. The van der Waals surface area contributed by atoms with E-state index in [1.165, 1.54) is 0 Å². The van der Waals surface area contributed by atoms with Crippen molar-refractivity contribution in [1.29, 1.82) is 0 Å². The Hall–Kier alpha value is -1.88. The van der Waals surface area contributed by atoms with Gasteiger partial charge in [-0.2, -0.15) is 0 Å². The second-order valence-corrected chi connectivity index (χ2v) is 6.11. The topological polar surface area (TPSA) is 67.4 Å². The van der Waals surface area contributed by atoms with Gasteiger partial charge in [0, 0.05) is 30.3 Å². The van der Waals surface area contributed by atoms with Gasteiger partial charge in [0.1, 0.15) is 0 Å². The molecular weight excluding hydrogens is 304 g/mol. The number of carbonyl (C=O) groups is 2. The van der Waals surface area contributed by atoms with Crippen molar-refractivity contribution in [3.05, 3.63) is 29.8 Å². The van der Waals surface area contributed by atoms with Crippen LogP contribution in [-0.2, 0) is 9.53 Å². The van der Waals surface area contributed by atoms with Gasteiger partial charge in [0.25, 0.3) is 5.91 Å². The summed E-state index contributed by atoms with van der Waals surface area (Å²) >= 11 is 0. The third-order valence-corrected chi connectivity index (χ3v) is 3.83. The lowest BCUT2D eigenvalue weighted by molar-refractivity contribution is -0.120. The van der Waals surface area contributed by atoms with E-state index < -0.39 is 0 Å². The van der Waals surface area contributed by atoms with Crippen molar-refractivity contribution in [3.8, 4) is 0 Å². The van der Waals surface area contributed by atoms with Crippen molar-refractivity contribution in [2.45, 2.75) is 53.1 Å². The van der Waals surface area contributed by atoms with Crippen molar-refractivity contribution in [2.75, 3.05) is 18.5 Å². The zero-order chi connectivity index (χ0) is 17.9. The van der Waals surface area contributed by atoms with Crippen LogP contribution in [0.5, 0.6) is 0 Å². The maximum absolute atomic E-state index is 12.0. The Morgan fingerprint density at radius 3 is 2.25 bits per heavy atom. The molecule has 24 heavy (non-hydrogen) atoms. The van der Waals surface area contributed by atoms with Gasteiger partial charge in [-0.05, 0) is 57.4 Å². The molecule has 5 heteroatoms. The summed E-state index contributed by atoms with van der Waals surface area (Å²) in [7, 11) is 0. The fourth-order valence-corrected chi connectivity index (χ4v) is 2.30. The molecule has 0 radical (unpaired) electrons. The summed E-state index contributed by atoms with van der Waals surface area (Å²) in [6.07, 6.45) is 2.64. The number of amides is 2. The van der Waals surface area contributed by atoms with Crippen LogP contribution in [0, 0.1) is 5.92 Å². The van der Waals surface area contributed by atoms with Gasteiger partial charge >= 0.3 is 0 Å². The molecule has 134 valence electrons. The molecule has 0 bridgehead atoms. The van der Waals surface area contributed by atoms with Crippen LogP contribution in [0.15, 0.2) is 24.3 Å². The van der Waals surface area contributed by atoms with Crippen LogP contribution >= 0.6 is 0 Å². The second-order valence-electron chi connectivity index (χ2n) is 6.11. The standard InChI is InChI=1S/C19H30N2O3/c1-5-15(6-2)19(23)21-17-10-8-16(9-11-17)18(22)20-12-7-13-24-14(3)4/h8-11,14-15H,5-7,12-13H2,1-4H3,(H,20,22)(H,21,23). The van der Waals surface area contributed by atoms with E-state index in [0.29, 0.717) is 24.4 Å². The number of anilines is 1. The summed E-state index contributed by atoms with van der Waals surface area (Å²) in [5.74, 6) is -0.0548. The fourth-order valence-electron chi connectivity index (χ4n) is 2.30. The number of rotatable bonds is 10. The Labute approximate surface area is 145 Å². The zero-order valence-corrected chi connectivity index (χ0v) is 15.2. The molecule has 0 heterocycles. The van der Waals surface area contributed by atoms with Crippen LogP contribution in [0.25, 0.3) is 0 Å². The molecule has 2 amide bonds. The van der Waals surface area contributed by atoms with Crippen molar-refractivity contribution < 1.29 is 14.3 Å². The van der Waals surface area contributed by atoms with Crippen LogP contribution in [0.2, 0.25) is 0 Å². The van der Waals surface area contributed by atoms with Crippen molar-refractivity contribution in [2.24, 2.45) is 5.92 Å². The predicted molar refractivity (Wildman–Crippen MR) is 97.2 cm³/mol. The molecular formula is C19H30N2O3. The normalized spacial score (nSPS) is 10.9. The summed E-state index contributed by atoms with van der Waals surface area (Å²) in [5.41, 5.74) is 1.30. The first-order valence-electron chi connectivity index (χ1n) is 8.78. The lowest BCUT2D eigenvalue weighted by atomic mass is 10.0. The quantitative estimate of drug-likeness (QED) is 0.642. The smallest absolute Gasteiger partial charge is 0.251 e. The van der Waals surface area contributed by atoms with E-state index in [9.17, 15) is 9.59 Å². The maximum Gasteiger partial charge on any atom is 0.251 e. The third kappa shape index (κ3) is 7.13. The lowest BCUT2D eigenvalue weighted by Gasteiger charge is -2.13. The average molecular weight is 334 g/mol. The second kappa shape index (κ2) is 10.8. The average Bonchev–Trinajstić information content (AvgIpc) is 2.56. The number of hydrogen-bond donors (Lipinski definition) is 2. The van der Waals surface area contributed by atoms with E-state index >= 15 is 0 Å². The molecule has 5 nitrogen and oxygen atoms in total. The van der Waals surface area contributed by atoms with Crippen molar-refractivity contribution in [1.82, 2.24) is 5.32 Å². The molecule has 1 rings (SSSR count). The highest BCUT2D eigenvalue weighted by Gasteiger charge is 2.14. The van der Waals surface area contributed by atoms with Gasteiger partial charge in [-0.1, -0.05) is 13.8 Å². The van der Waals surface area contributed by atoms with Gasteiger partial charge in [-0.25, -0.2) is 0 Å². The van der Waals surface area contributed by atoms with E-state index in [2.05, 4.69) is 10.6 Å². The highest BCUT2D eigenvalue weighted by atomic mass is 16.5. The Balaban J connectivity index is 2.43. The summed E-state index contributed by atoms with van der Waals surface area (Å²) in [4.78, 5) is 24.1. The molecule has 0 spiro atoms. The number of hydrogen-bond acceptors (Lipinski definition) is 3. The van der Waals surface area contributed by atoms with E-state index in [1.807, 2.05) is 27.7 Å². The highest BCUT2D eigenvalue weighted by Crippen LogP contribution is 2.14. The van der Waals surface area contributed by atoms with Crippen LogP contribution in [0.1, 0.15) is 57.3 Å². The van der Waals surface area contributed by atoms with Gasteiger partial charge < -0.3 is 15.4 Å². The monoisotopic (exact) mass is 334 g/mol. The Kier molecular flexibility index (Phi) is 9.08. The van der Waals surface area contributed by atoms with Gasteiger partial charge in [0.2, 0.25) is 5.91 Å². The van der Waals surface area contributed by atoms with Crippen molar-refractivity contribution in [3.63, 3.8) is 0 Å². The summed E-state index contributed by atoms with van der Waals surface area (Å²) < 4.78 is 5.43. The number of ether oxygens (including phenoxy) is 1. The maximum atomic E-state index is 12.0. The molecule has 0 saturated heterocycles. The lowest BCUT2D eigenvalue weighted by Crippen LogP contribution is -2.25. The number of carbonyl (C=O) groups excluding carboxylic acids is 2. The summed E-state index contributed by atoms with van der Waals surface area (Å²) in [6.45, 7) is 9.21. The minimum Gasteiger partial charge on any atom is -0.379 e. The largest absolute Gasteiger partial charge is 0.379 e.